The van der Waals surface area contributed by atoms with Gasteiger partial charge in [-0.1, -0.05) is 6.07 Å². The highest BCUT2D eigenvalue weighted by Crippen LogP contribution is 2.17. The van der Waals surface area contributed by atoms with E-state index in [0.717, 1.165) is 37.4 Å². The summed E-state index contributed by atoms with van der Waals surface area (Å²) in [5, 5.41) is 8.70. The molecule has 0 amide bonds. The summed E-state index contributed by atoms with van der Waals surface area (Å²) >= 11 is 0. The molecule has 0 radical (unpaired) electrons. The summed E-state index contributed by atoms with van der Waals surface area (Å²) in [5.74, 6) is -0.438. The van der Waals surface area contributed by atoms with Crippen LogP contribution in [-0.4, -0.2) is 66.4 Å². The number of hydrogen-bond acceptors (Lipinski definition) is 6. The predicted octanol–water partition coefficient (Wildman–Crippen LogP) is 2.30. The lowest BCUT2D eigenvalue weighted by molar-refractivity contribution is -0.117. The van der Waals surface area contributed by atoms with Crippen molar-refractivity contribution in [3.8, 4) is 0 Å². The Balaban J connectivity index is 1.58. The van der Waals surface area contributed by atoms with Crippen LogP contribution in [0.3, 0.4) is 0 Å². The van der Waals surface area contributed by atoms with Gasteiger partial charge in [0.25, 0.3) is 0 Å². The van der Waals surface area contributed by atoms with E-state index in [0.29, 0.717) is 11.3 Å². The van der Waals surface area contributed by atoms with Crippen molar-refractivity contribution in [3.05, 3.63) is 71.6 Å². The van der Waals surface area contributed by atoms with Gasteiger partial charge in [0.2, 0.25) is 0 Å². The molecule has 6 heteroatoms. The van der Waals surface area contributed by atoms with Crippen LogP contribution in [-0.2, 0) is 4.79 Å². The van der Waals surface area contributed by atoms with Crippen LogP contribution in [0.4, 0.5) is 5.69 Å². The molecule has 1 fully saturated rings. The number of nitrogens with zero attached hydrogens (tertiary/aromatic N) is 3. The zero-order valence-corrected chi connectivity index (χ0v) is 16.5. The average molecular weight is 391 g/mol. The molecule has 1 saturated heterocycles. The number of ketones is 2. The second-order valence-electron chi connectivity index (χ2n) is 7.01. The van der Waals surface area contributed by atoms with Gasteiger partial charge in [0.05, 0.1) is 5.69 Å². The summed E-state index contributed by atoms with van der Waals surface area (Å²) in [7, 11) is 2.13. The van der Waals surface area contributed by atoms with Crippen molar-refractivity contribution in [1.29, 1.82) is 0 Å². The Hall–Kier alpha value is -3.09. The molecule has 1 N–H and O–H groups in total. The Morgan fingerprint density at radius 1 is 1.00 bits per heavy atom. The summed E-state index contributed by atoms with van der Waals surface area (Å²) in [5.41, 5.74) is 3.19. The number of carbonyl (C=O) groups excluding carboxylic acids is 2. The smallest absolute Gasteiger partial charge is 0.185 e. The molecule has 0 unspecified atom stereocenters. The summed E-state index contributed by atoms with van der Waals surface area (Å²) in [6.07, 6.45) is 7.71. The number of anilines is 1. The van der Waals surface area contributed by atoms with Gasteiger partial charge < -0.3 is 14.9 Å². The Bertz CT molecular complexity index is 894. The lowest BCUT2D eigenvalue weighted by Crippen LogP contribution is -2.44. The van der Waals surface area contributed by atoms with E-state index in [1.165, 1.54) is 12.2 Å². The number of aliphatic hydroxyl groups excluding tert-OH is 1. The molecular formula is C23H25N3O3. The van der Waals surface area contributed by atoms with Gasteiger partial charge in [-0.3, -0.25) is 14.6 Å². The zero-order chi connectivity index (χ0) is 20.6. The van der Waals surface area contributed by atoms with Crippen LogP contribution in [0.15, 0.2) is 54.7 Å². The van der Waals surface area contributed by atoms with E-state index in [2.05, 4.69) is 21.8 Å². The monoisotopic (exact) mass is 391 g/mol. The lowest BCUT2D eigenvalue weighted by Gasteiger charge is -2.34. The highest BCUT2D eigenvalue weighted by Gasteiger charge is 2.14. The molecule has 0 saturated carbocycles. The highest BCUT2D eigenvalue weighted by molar-refractivity contribution is 6.07. The van der Waals surface area contributed by atoms with E-state index >= 15 is 0 Å². The van der Waals surface area contributed by atoms with Crippen LogP contribution < -0.4 is 4.90 Å². The second-order valence-corrected chi connectivity index (χ2v) is 7.01. The summed E-state index contributed by atoms with van der Waals surface area (Å²) in [4.78, 5) is 32.4. The first-order valence-electron chi connectivity index (χ1n) is 9.59. The van der Waals surface area contributed by atoms with Crippen molar-refractivity contribution < 1.29 is 14.7 Å². The van der Waals surface area contributed by atoms with Crippen molar-refractivity contribution in [2.45, 2.75) is 0 Å². The maximum Gasteiger partial charge on any atom is 0.185 e. The Morgan fingerprint density at radius 3 is 2.34 bits per heavy atom. The van der Waals surface area contributed by atoms with Crippen LogP contribution in [0.5, 0.6) is 0 Å². The van der Waals surface area contributed by atoms with Gasteiger partial charge in [0.15, 0.2) is 11.6 Å². The fraction of sp³-hybridized carbons (Fsp3) is 0.261. The highest BCUT2D eigenvalue weighted by atomic mass is 16.3. The quantitative estimate of drug-likeness (QED) is 0.577. The molecule has 3 rings (SSSR count). The fourth-order valence-electron chi connectivity index (χ4n) is 3.01. The standard InChI is InChI=1S/C23H25N3O3/c1-25-12-14-26(15-13-25)21-8-4-19(5-9-21)23(29)11-3-18-2-6-20(24-16-18)7-10-22(28)17-27/h2-11,16,27H,12-15,17H2,1H3/b10-7+,11-3+. The minimum Gasteiger partial charge on any atom is -0.388 e. The van der Waals surface area contributed by atoms with Crippen LogP contribution in [0.25, 0.3) is 12.2 Å². The minimum atomic E-state index is -0.518. The first-order chi connectivity index (χ1) is 14.0. The van der Waals surface area contributed by atoms with E-state index in [-0.39, 0.29) is 11.6 Å². The number of pyridine rings is 1. The third kappa shape index (κ3) is 5.94. The molecule has 1 aliphatic rings. The van der Waals surface area contributed by atoms with Crippen LogP contribution in [0, 0.1) is 0 Å². The third-order valence-corrected chi connectivity index (χ3v) is 4.85. The van der Waals surface area contributed by atoms with Gasteiger partial charge in [-0.15, -0.1) is 0 Å². The number of rotatable bonds is 7. The zero-order valence-electron chi connectivity index (χ0n) is 16.5. The Labute approximate surface area is 170 Å². The van der Waals surface area contributed by atoms with Crippen LogP contribution >= 0.6 is 0 Å². The molecule has 1 aromatic heterocycles. The van der Waals surface area contributed by atoms with Gasteiger partial charge in [-0.25, -0.2) is 0 Å². The molecule has 150 valence electrons. The molecule has 0 aliphatic carbocycles. The average Bonchev–Trinajstić information content (AvgIpc) is 2.77. The molecule has 2 heterocycles. The molecule has 1 aliphatic heterocycles. The van der Waals surface area contributed by atoms with Gasteiger partial charge in [-0.05, 0) is 67.2 Å². The van der Waals surface area contributed by atoms with Crippen molar-refractivity contribution in [3.63, 3.8) is 0 Å². The van der Waals surface area contributed by atoms with E-state index in [1.54, 1.807) is 24.4 Å². The van der Waals surface area contributed by atoms with E-state index in [1.807, 2.05) is 30.3 Å². The van der Waals surface area contributed by atoms with Gasteiger partial charge in [0, 0.05) is 43.6 Å². The van der Waals surface area contributed by atoms with Crippen molar-refractivity contribution >= 4 is 29.4 Å². The molecular weight excluding hydrogens is 366 g/mol. The number of allylic oxidation sites excluding steroid dienone is 1. The number of aliphatic hydroxyl groups is 1. The molecule has 0 bridgehead atoms. The molecule has 0 spiro atoms. The van der Waals surface area contributed by atoms with Gasteiger partial charge in [-0.2, -0.15) is 0 Å². The van der Waals surface area contributed by atoms with Crippen molar-refractivity contribution in [2.24, 2.45) is 0 Å². The molecule has 1 aromatic carbocycles. The van der Waals surface area contributed by atoms with Crippen LogP contribution in [0.1, 0.15) is 21.6 Å². The maximum absolute atomic E-state index is 12.4. The first-order valence-corrected chi connectivity index (χ1v) is 9.59. The number of carbonyl (C=O) groups is 2. The molecule has 2 aromatic rings. The molecule has 6 nitrogen and oxygen atoms in total. The molecule has 0 atom stereocenters. The first kappa shape index (κ1) is 20.6. The van der Waals surface area contributed by atoms with Crippen molar-refractivity contribution in [2.75, 3.05) is 44.7 Å². The third-order valence-electron chi connectivity index (χ3n) is 4.85. The fourth-order valence-corrected chi connectivity index (χ4v) is 3.01. The van der Waals surface area contributed by atoms with Gasteiger partial charge >= 0.3 is 0 Å². The second kappa shape index (κ2) is 9.91. The summed E-state index contributed by atoms with van der Waals surface area (Å²) < 4.78 is 0. The summed E-state index contributed by atoms with van der Waals surface area (Å²) in [6, 6.07) is 11.3. The number of piperazine rings is 1. The topological polar surface area (TPSA) is 73.7 Å². The Morgan fingerprint density at radius 2 is 1.72 bits per heavy atom. The largest absolute Gasteiger partial charge is 0.388 e. The van der Waals surface area contributed by atoms with E-state index in [4.69, 9.17) is 5.11 Å². The summed E-state index contributed by atoms with van der Waals surface area (Å²) in [6.45, 7) is 3.56. The Kier molecular flexibility index (Phi) is 7.05. The SMILES string of the molecule is CN1CCN(c2ccc(C(=O)/C=C/c3ccc(/C=C/C(=O)CO)nc3)cc2)CC1. The maximum atomic E-state index is 12.4. The lowest BCUT2D eigenvalue weighted by atomic mass is 10.1. The normalized spacial score (nSPS) is 15.3. The molecule has 29 heavy (non-hydrogen) atoms. The van der Waals surface area contributed by atoms with E-state index < -0.39 is 6.61 Å². The van der Waals surface area contributed by atoms with Gasteiger partial charge in [0.1, 0.15) is 6.61 Å². The minimum absolute atomic E-state index is 0.0626. The number of aromatic nitrogens is 1. The predicted molar refractivity (Wildman–Crippen MR) is 115 cm³/mol. The number of likely N-dealkylation sites (N-methyl/N-ethyl adjacent to an activating group) is 1. The van der Waals surface area contributed by atoms with Crippen LogP contribution in [0.2, 0.25) is 0 Å². The van der Waals surface area contributed by atoms with E-state index in [9.17, 15) is 9.59 Å². The number of hydrogen-bond donors (Lipinski definition) is 1. The van der Waals surface area contributed by atoms with Crippen molar-refractivity contribution in [1.82, 2.24) is 9.88 Å². The number of benzene rings is 1.